The molecule has 0 saturated heterocycles. The van der Waals surface area contributed by atoms with Gasteiger partial charge in [0.05, 0.1) is 7.11 Å². The molecule has 2 rings (SSSR count). The van der Waals surface area contributed by atoms with Crippen molar-refractivity contribution in [3.05, 3.63) is 30.1 Å². The van der Waals surface area contributed by atoms with Gasteiger partial charge in [0.25, 0.3) is 0 Å². The Morgan fingerprint density at radius 1 is 1.12 bits per heavy atom. The maximum absolute atomic E-state index is 5.10. The van der Waals surface area contributed by atoms with Crippen LogP contribution in [0.15, 0.2) is 24.4 Å². The van der Waals surface area contributed by atoms with Crippen LogP contribution in [0, 0.1) is 6.92 Å². The van der Waals surface area contributed by atoms with Gasteiger partial charge < -0.3 is 10.1 Å². The Hall–Kier alpha value is -2.21. The first-order valence-electron chi connectivity index (χ1n) is 8.76. The number of hydrogen-bond donors (Lipinski definition) is 1. The lowest BCUT2D eigenvalue weighted by atomic mass is 10.2. The van der Waals surface area contributed by atoms with Crippen molar-refractivity contribution in [3.8, 4) is 17.3 Å². The average Bonchev–Trinajstić information content (AvgIpc) is 2.57. The fraction of sp³-hybridized carbons (Fsp3) is 0.526. The third kappa shape index (κ3) is 5.39. The summed E-state index contributed by atoms with van der Waals surface area (Å²) in [5, 5.41) is 3.42. The van der Waals surface area contributed by atoms with Crippen molar-refractivity contribution in [2.24, 2.45) is 0 Å². The van der Waals surface area contributed by atoms with Crippen LogP contribution in [0.2, 0.25) is 0 Å². The Morgan fingerprint density at radius 2 is 1.84 bits per heavy atom. The van der Waals surface area contributed by atoms with E-state index in [4.69, 9.17) is 4.74 Å². The van der Waals surface area contributed by atoms with Crippen molar-refractivity contribution in [1.29, 1.82) is 0 Å². The van der Waals surface area contributed by atoms with E-state index in [1.54, 1.807) is 13.3 Å². The van der Waals surface area contributed by atoms with Crippen LogP contribution >= 0.6 is 0 Å². The molecule has 2 aromatic heterocycles. The summed E-state index contributed by atoms with van der Waals surface area (Å²) in [7, 11) is 1.60. The van der Waals surface area contributed by atoms with E-state index in [2.05, 4.69) is 52.9 Å². The molecule has 0 saturated carbocycles. The highest BCUT2D eigenvalue weighted by atomic mass is 16.5. The summed E-state index contributed by atoms with van der Waals surface area (Å²) < 4.78 is 5.10. The smallest absolute Gasteiger partial charge is 0.212 e. The van der Waals surface area contributed by atoms with E-state index in [0.717, 1.165) is 30.2 Å². The van der Waals surface area contributed by atoms with Crippen molar-refractivity contribution in [2.75, 3.05) is 25.5 Å². The van der Waals surface area contributed by atoms with Gasteiger partial charge in [-0.2, -0.15) is 0 Å². The lowest BCUT2D eigenvalue weighted by molar-refractivity contribution is 0.182. The predicted octanol–water partition coefficient (Wildman–Crippen LogP) is 3.39. The van der Waals surface area contributed by atoms with Crippen LogP contribution in [0.5, 0.6) is 5.88 Å². The van der Waals surface area contributed by atoms with Crippen molar-refractivity contribution < 1.29 is 4.74 Å². The molecule has 0 bridgehead atoms. The van der Waals surface area contributed by atoms with Crippen molar-refractivity contribution >= 4 is 5.82 Å². The van der Waals surface area contributed by atoms with Crippen molar-refractivity contribution in [1.82, 2.24) is 19.9 Å². The number of pyridine rings is 1. The minimum absolute atomic E-state index is 0.523. The molecular weight excluding hydrogens is 314 g/mol. The molecule has 2 aromatic rings. The van der Waals surface area contributed by atoms with E-state index in [1.807, 2.05) is 25.1 Å². The number of aromatic nitrogens is 3. The molecule has 0 spiro atoms. The van der Waals surface area contributed by atoms with E-state index in [0.29, 0.717) is 23.8 Å². The van der Waals surface area contributed by atoms with Crippen molar-refractivity contribution in [3.63, 3.8) is 0 Å². The minimum atomic E-state index is 0.523. The Balaban J connectivity index is 2.08. The van der Waals surface area contributed by atoms with E-state index in [-0.39, 0.29) is 0 Å². The highest BCUT2D eigenvalue weighted by Crippen LogP contribution is 2.19. The highest BCUT2D eigenvalue weighted by Gasteiger charge is 2.13. The molecule has 0 aliphatic heterocycles. The van der Waals surface area contributed by atoms with Crippen LogP contribution in [0.3, 0.4) is 0 Å². The molecule has 6 nitrogen and oxygen atoms in total. The third-order valence-corrected chi connectivity index (χ3v) is 4.06. The summed E-state index contributed by atoms with van der Waals surface area (Å²) in [5.41, 5.74) is 1.80. The molecule has 25 heavy (non-hydrogen) atoms. The van der Waals surface area contributed by atoms with Gasteiger partial charge in [0.2, 0.25) is 5.88 Å². The zero-order chi connectivity index (χ0) is 18.4. The average molecular weight is 343 g/mol. The lowest BCUT2D eigenvalue weighted by Crippen LogP contribution is -2.40. The van der Waals surface area contributed by atoms with Gasteiger partial charge in [-0.15, -0.1) is 0 Å². The maximum Gasteiger partial charge on any atom is 0.212 e. The van der Waals surface area contributed by atoms with Gasteiger partial charge in [0.15, 0.2) is 5.82 Å². The maximum atomic E-state index is 5.10. The van der Waals surface area contributed by atoms with Gasteiger partial charge in [0, 0.05) is 54.8 Å². The van der Waals surface area contributed by atoms with E-state index in [1.165, 1.54) is 0 Å². The lowest BCUT2D eigenvalue weighted by Gasteiger charge is -2.30. The van der Waals surface area contributed by atoms with Crippen LogP contribution < -0.4 is 10.1 Å². The molecule has 0 aromatic carbocycles. The van der Waals surface area contributed by atoms with Gasteiger partial charge >= 0.3 is 0 Å². The Kier molecular flexibility index (Phi) is 6.70. The number of rotatable bonds is 8. The number of ether oxygens (including phenoxy) is 1. The summed E-state index contributed by atoms with van der Waals surface area (Å²) >= 11 is 0. The summed E-state index contributed by atoms with van der Waals surface area (Å²) in [5.74, 6) is 2.09. The molecule has 0 aliphatic carbocycles. The van der Waals surface area contributed by atoms with Gasteiger partial charge in [-0.3, -0.25) is 4.90 Å². The number of aryl methyl sites for hydroxylation is 1. The fourth-order valence-electron chi connectivity index (χ4n) is 2.85. The molecule has 0 radical (unpaired) electrons. The Bertz CT molecular complexity index is 662. The second-order valence-corrected chi connectivity index (χ2v) is 6.66. The molecule has 2 heterocycles. The Morgan fingerprint density at radius 3 is 2.40 bits per heavy atom. The quantitative estimate of drug-likeness (QED) is 0.793. The summed E-state index contributed by atoms with van der Waals surface area (Å²) in [6.45, 7) is 12.7. The number of methoxy groups -OCH3 is 1. The molecule has 0 atom stereocenters. The van der Waals surface area contributed by atoms with Crippen LogP contribution in [0.4, 0.5) is 5.82 Å². The van der Waals surface area contributed by atoms with Crippen molar-refractivity contribution in [2.45, 2.75) is 46.7 Å². The number of nitrogens with zero attached hydrogens (tertiary/aromatic N) is 4. The number of anilines is 1. The van der Waals surface area contributed by atoms with Crippen LogP contribution in [-0.2, 0) is 0 Å². The zero-order valence-electron chi connectivity index (χ0n) is 16.1. The minimum Gasteiger partial charge on any atom is -0.481 e. The SMILES string of the molecule is COc1ccc(-c2nc(C)cc(NCCN(C(C)C)C(C)C)n2)cn1. The molecule has 1 N–H and O–H groups in total. The normalized spacial score (nSPS) is 11.4. The summed E-state index contributed by atoms with van der Waals surface area (Å²) in [6.07, 6.45) is 1.73. The topological polar surface area (TPSA) is 63.2 Å². The second-order valence-electron chi connectivity index (χ2n) is 6.66. The highest BCUT2D eigenvalue weighted by molar-refractivity contribution is 5.56. The largest absolute Gasteiger partial charge is 0.481 e. The number of hydrogen-bond acceptors (Lipinski definition) is 6. The fourth-order valence-corrected chi connectivity index (χ4v) is 2.85. The standard InChI is InChI=1S/C19H29N5O/c1-13(2)24(14(3)4)10-9-20-17-11-15(5)22-19(23-17)16-7-8-18(25-6)21-12-16/h7-8,11-14H,9-10H2,1-6H3,(H,20,22,23). The first kappa shape index (κ1) is 19.1. The monoisotopic (exact) mass is 343 g/mol. The van der Waals surface area contributed by atoms with Gasteiger partial charge in [-0.05, 0) is 40.7 Å². The number of nitrogens with one attached hydrogen (secondary N) is 1. The molecule has 0 aliphatic rings. The van der Waals surface area contributed by atoms with Crippen LogP contribution in [0.25, 0.3) is 11.4 Å². The van der Waals surface area contributed by atoms with Crippen LogP contribution in [-0.4, -0.2) is 52.1 Å². The molecular formula is C19H29N5O. The molecule has 0 fully saturated rings. The van der Waals surface area contributed by atoms with Gasteiger partial charge in [-0.25, -0.2) is 15.0 Å². The first-order valence-corrected chi connectivity index (χ1v) is 8.76. The molecule has 136 valence electrons. The van der Waals surface area contributed by atoms with Crippen LogP contribution in [0.1, 0.15) is 33.4 Å². The summed E-state index contributed by atoms with van der Waals surface area (Å²) in [6, 6.07) is 6.75. The molecule has 6 heteroatoms. The Labute approximate surface area is 150 Å². The molecule has 0 unspecified atom stereocenters. The van der Waals surface area contributed by atoms with Gasteiger partial charge in [0.1, 0.15) is 5.82 Å². The van der Waals surface area contributed by atoms with E-state index >= 15 is 0 Å². The molecule has 0 amide bonds. The third-order valence-electron chi connectivity index (χ3n) is 4.06. The predicted molar refractivity (Wildman–Crippen MR) is 102 cm³/mol. The second kappa shape index (κ2) is 8.76. The van der Waals surface area contributed by atoms with Gasteiger partial charge in [-0.1, -0.05) is 0 Å². The van der Waals surface area contributed by atoms with E-state index in [9.17, 15) is 0 Å². The first-order chi connectivity index (χ1) is 11.9. The summed E-state index contributed by atoms with van der Waals surface area (Å²) in [4.78, 5) is 15.8. The zero-order valence-corrected chi connectivity index (χ0v) is 16.1. The van der Waals surface area contributed by atoms with E-state index < -0.39 is 0 Å².